The van der Waals surface area contributed by atoms with Gasteiger partial charge in [-0.05, 0) is 23.6 Å². The normalized spacial score (nSPS) is 14.6. The lowest BCUT2D eigenvalue weighted by Crippen LogP contribution is -2.32. The first-order chi connectivity index (χ1) is 10.6. The van der Waals surface area contributed by atoms with Crippen LogP contribution in [0.1, 0.15) is 27.0 Å². The average molecular weight is 301 g/mol. The van der Waals surface area contributed by atoms with Crippen LogP contribution in [0.2, 0.25) is 0 Å². The fraction of sp³-hybridized carbons (Fsp3) is 0.375. The van der Waals surface area contributed by atoms with Gasteiger partial charge in [-0.15, -0.1) is 0 Å². The van der Waals surface area contributed by atoms with Gasteiger partial charge >= 0.3 is 5.97 Å². The summed E-state index contributed by atoms with van der Waals surface area (Å²) in [6, 6.07) is 1.95. The summed E-state index contributed by atoms with van der Waals surface area (Å²) in [4.78, 5) is 20.0. The Morgan fingerprint density at radius 1 is 1.50 bits per heavy atom. The summed E-state index contributed by atoms with van der Waals surface area (Å²) < 4.78 is 5.10. The maximum absolute atomic E-state index is 11.6. The minimum Gasteiger partial charge on any atom is -0.478 e. The molecule has 1 aliphatic heterocycles. The van der Waals surface area contributed by atoms with Gasteiger partial charge in [0.05, 0.1) is 12.5 Å². The number of aromatic carboxylic acids is 1. The molecule has 0 spiro atoms. The molecular formula is C16H19N3O3. The number of hydrogen-bond acceptors (Lipinski definition) is 5. The van der Waals surface area contributed by atoms with E-state index in [-0.39, 0.29) is 0 Å². The first-order valence-corrected chi connectivity index (χ1v) is 7.21. The van der Waals surface area contributed by atoms with Crippen molar-refractivity contribution in [2.24, 2.45) is 0 Å². The third kappa shape index (κ3) is 2.69. The highest BCUT2D eigenvalue weighted by Crippen LogP contribution is 2.28. The molecule has 0 atom stereocenters. The molecule has 0 radical (unpaired) electrons. The van der Waals surface area contributed by atoms with Crippen LogP contribution >= 0.6 is 0 Å². The second-order valence-electron chi connectivity index (χ2n) is 5.75. The van der Waals surface area contributed by atoms with Crippen molar-refractivity contribution >= 4 is 11.8 Å². The summed E-state index contributed by atoms with van der Waals surface area (Å²) in [5, 5.41) is 9.55. The highest BCUT2D eigenvalue weighted by molar-refractivity contribution is 5.95. The molecule has 6 heteroatoms. The van der Waals surface area contributed by atoms with Crippen LogP contribution in [0.5, 0.6) is 0 Å². The fourth-order valence-electron chi connectivity index (χ4n) is 2.93. The standard InChI is InChI=1S/C16H19N3O3/c1-18(2)15-14(16(20)21)13-3-5-19(9-12(13)7-17-15)8-11-4-6-22-10-11/h4,6-7,10H,3,5,8-9H2,1-2H3,(H,20,21). The Kier molecular flexibility index (Phi) is 3.85. The lowest BCUT2D eigenvalue weighted by Gasteiger charge is -2.30. The SMILES string of the molecule is CN(C)c1ncc2c(c1C(=O)O)CCN(Cc1ccoc1)C2. The van der Waals surface area contributed by atoms with E-state index in [1.165, 1.54) is 0 Å². The maximum atomic E-state index is 11.6. The van der Waals surface area contributed by atoms with Gasteiger partial charge in [0.25, 0.3) is 0 Å². The molecule has 0 amide bonds. The zero-order valence-corrected chi connectivity index (χ0v) is 12.7. The van der Waals surface area contributed by atoms with Crippen molar-refractivity contribution in [2.45, 2.75) is 19.5 Å². The third-order valence-corrected chi connectivity index (χ3v) is 3.95. The van der Waals surface area contributed by atoms with Gasteiger partial charge in [0, 0.05) is 45.5 Å². The molecule has 3 heterocycles. The van der Waals surface area contributed by atoms with E-state index >= 15 is 0 Å². The first kappa shape index (κ1) is 14.6. The van der Waals surface area contributed by atoms with Crippen LogP contribution in [0.25, 0.3) is 0 Å². The van der Waals surface area contributed by atoms with E-state index in [0.717, 1.165) is 36.2 Å². The molecule has 0 saturated carbocycles. The van der Waals surface area contributed by atoms with E-state index < -0.39 is 5.97 Å². The Morgan fingerprint density at radius 3 is 2.95 bits per heavy atom. The summed E-state index contributed by atoms with van der Waals surface area (Å²) in [6.07, 6.45) is 5.93. The zero-order valence-electron chi connectivity index (χ0n) is 12.7. The predicted octanol–water partition coefficient (Wildman–Crippen LogP) is 2.00. The van der Waals surface area contributed by atoms with Crippen molar-refractivity contribution in [3.63, 3.8) is 0 Å². The first-order valence-electron chi connectivity index (χ1n) is 7.21. The van der Waals surface area contributed by atoms with E-state index in [1.54, 1.807) is 23.6 Å². The number of carboxylic acid groups (broad SMARTS) is 1. The molecule has 1 N–H and O–H groups in total. The van der Waals surface area contributed by atoms with E-state index in [1.807, 2.05) is 20.2 Å². The highest BCUT2D eigenvalue weighted by Gasteiger charge is 2.26. The molecule has 0 bridgehead atoms. The molecule has 22 heavy (non-hydrogen) atoms. The number of anilines is 1. The van der Waals surface area contributed by atoms with Crippen LogP contribution in [-0.4, -0.2) is 41.6 Å². The van der Waals surface area contributed by atoms with Crippen LogP contribution in [-0.2, 0) is 19.5 Å². The summed E-state index contributed by atoms with van der Waals surface area (Å²) >= 11 is 0. The number of fused-ring (bicyclic) bond motifs is 1. The lowest BCUT2D eigenvalue weighted by atomic mass is 9.96. The molecule has 0 unspecified atom stereocenters. The number of pyridine rings is 1. The Bertz CT molecular complexity index is 680. The van der Waals surface area contributed by atoms with Gasteiger partial charge in [0.2, 0.25) is 0 Å². The highest BCUT2D eigenvalue weighted by atomic mass is 16.4. The minimum atomic E-state index is -0.906. The topological polar surface area (TPSA) is 69.8 Å². The number of hydrogen-bond donors (Lipinski definition) is 1. The Morgan fingerprint density at radius 2 is 2.32 bits per heavy atom. The van der Waals surface area contributed by atoms with Crippen molar-refractivity contribution in [3.8, 4) is 0 Å². The van der Waals surface area contributed by atoms with Crippen molar-refractivity contribution in [2.75, 3.05) is 25.5 Å². The number of furan rings is 1. The van der Waals surface area contributed by atoms with Crippen molar-refractivity contribution in [1.82, 2.24) is 9.88 Å². The minimum absolute atomic E-state index is 0.338. The lowest BCUT2D eigenvalue weighted by molar-refractivity contribution is 0.0694. The molecule has 2 aromatic rings. The summed E-state index contributed by atoms with van der Waals surface area (Å²) in [7, 11) is 3.63. The fourth-order valence-corrected chi connectivity index (χ4v) is 2.93. The van der Waals surface area contributed by atoms with E-state index in [0.29, 0.717) is 17.9 Å². The molecule has 0 aromatic carbocycles. The molecule has 116 valence electrons. The smallest absolute Gasteiger partial charge is 0.339 e. The monoisotopic (exact) mass is 301 g/mol. The Balaban J connectivity index is 1.89. The van der Waals surface area contributed by atoms with Gasteiger partial charge in [-0.1, -0.05) is 0 Å². The van der Waals surface area contributed by atoms with E-state index in [2.05, 4.69) is 9.88 Å². The molecular weight excluding hydrogens is 282 g/mol. The third-order valence-electron chi connectivity index (χ3n) is 3.95. The van der Waals surface area contributed by atoms with Gasteiger partial charge < -0.3 is 14.4 Å². The number of nitrogens with zero attached hydrogens (tertiary/aromatic N) is 3. The number of carbonyl (C=O) groups is 1. The van der Waals surface area contributed by atoms with Crippen LogP contribution in [0.15, 0.2) is 29.2 Å². The van der Waals surface area contributed by atoms with Crippen LogP contribution in [0, 0.1) is 0 Å². The van der Waals surface area contributed by atoms with Crippen molar-refractivity contribution < 1.29 is 14.3 Å². The van der Waals surface area contributed by atoms with Crippen molar-refractivity contribution in [1.29, 1.82) is 0 Å². The quantitative estimate of drug-likeness (QED) is 0.931. The van der Waals surface area contributed by atoms with Gasteiger partial charge in [0.1, 0.15) is 11.4 Å². The summed E-state index contributed by atoms with van der Waals surface area (Å²) in [6.45, 7) is 2.34. The maximum Gasteiger partial charge on any atom is 0.339 e. The predicted molar refractivity (Wildman–Crippen MR) is 82.0 cm³/mol. The van der Waals surface area contributed by atoms with Gasteiger partial charge in [-0.3, -0.25) is 4.90 Å². The van der Waals surface area contributed by atoms with Gasteiger partial charge in [-0.25, -0.2) is 9.78 Å². The second kappa shape index (κ2) is 5.81. The number of aromatic nitrogens is 1. The Labute approximate surface area is 129 Å². The van der Waals surface area contributed by atoms with E-state index in [4.69, 9.17) is 4.42 Å². The van der Waals surface area contributed by atoms with Gasteiger partial charge in [-0.2, -0.15) is 0 Å². The van der Waals surface area contributed by atoms with Crippen LogP contribution in [0.3, 0.4) is 0 Å². The number of carboxylic acids is 1. The van der Waals surface area contributed by atoms with E-state index in [9.17, 15) is 9.90 Å². The molecule has 0 aliphatic carbocycles. The molecule has 0 fully saturated rings. The zero-order chi connectivity index (χ0) is 15.7. The molecule has 6 nitrogen and oxygen atoms in total. The summed E-state index contributed by atoms with van der Waals surface area (Å²) in [5.74, 6) is -0.383. The molecule has 0 saturated heterocycles. The number of rotatable bonds is 4. The molecule has 1 aliphatic rings. The van der Waals surface area contributed by atoms with Crippen LogP contribution < -0.4 is 4.90 Å². The largest absolute Gasteiger partial charge is 0.478 e. The van der Waals surface area contributed by atoms with Gasteiger partial charge in [0.15, 0.2) is 0 Å². The Hall–Kier alpha value is -2.34. The summed E-state index contributed by atoms with van der Waals surface area (Å²) in [5.41, 5.74) is 3.37. The second-order valence-corrected chi connectivity index (χ2v) is 5.75. The van der Waals surface area contributed by atoms with Crippen LogP contribution in [0.4, 0.5) is 5.82 Å². The molecule has 2 aromatic heterocycles. The average Bonchev–Trinajstić information content (AvgIpc) is 2.98. The molecule has 3 rings (SSSR count). The van der Waals surface area contributed by atoms with Crippen molar-refractivity contribution in [3.05, 3.63) is 47.0 Å².